The molecule has 2 N–H and O–H groups in total. The van der Waals surface area contributed by atoms with E-state index in [0.717, 1.165) is 22.2 Å². The first-order valence-corrected chi connectivity index (χ1v) is 9.44. The van der Waals surface area contributed by atoms with Crippen molar-refractivity contribution in [2.75, 3.05) is 0 Å². The van der Waals surface area contributed by atoms with Gasteiger partial charge in [0.2, 0.25) is 0 Å². The summed E-state index contributed by atoms with van der Waals surface area (Å²) in [5.74, 6) is -0.701. The van der Waals surface area contributed by atoms with Crippen LogP contribution in [0.15, 0.2) is 35.1 Å². The zero-order chi connectivity index (χ0) is 20.6. The Morgan fingerprint density at radius 2 is 1.86 bits per heavy atom. The lowest BCUT2D eigenvalue weighted by Gasteiger charge is -2.33. The third-order valence-corrected chi connectivity index (χ3v) is 5.46. The number of amides is 4. The van der Waals surface area contributed by atoms with E-state index in [4.69, 9.17) is 0 Å². The summed E-state index contributed by atoms with van der Waals surface area (Å²) in [7, 11) is 0. The topological polar surface area (TPSA) is 131 Å². The van der Waals surface area contributed by atoms with Crippen LogP contribution in [0, 0.1) is 5.92 Å². The van der Waals surface area contributed by atoms with Gasteiger partial charge in [0.25, 0.3) is 11.8 Å². The second-order valence-corrected chi connectivity index (χ2v) is 7.54. The Bertz CT molecular complexity index is 1000. The highest BCUT2D eigenvalue weighted by atomic mass is 16.2. The van der Waals surface area contributed by atoms with E-state index < -0.39 is 35.6 Å². The number of hydrogen-bond acceptors (Lipinski definition) is 6. The fourth-order valence-corrected chi connectivity index (χ4v) is 3.72. The predicted octanol–water partition coefficient (Wildman–Crippen LogP) is -0.0391. The van der Waals surface area contributed by atoms with Crippen LogP contribution in [-0.2, 0) is 16.1 Å². The van der Waals surface area contributed by atoms with E-state index in [0.29, 0.717) is 29.5 Å². The second-order valence-electron chi connectivity index (χ2n) is 7.54. The molecule has 1 aliphatic heterocycles. The molecule has 0 bridgehead atoms. The summed E-state index contributed by atoms with van der Waals surface area (Å²) in [6, 6.07) is 7.97. The van der Waals surface area contributed by atoms with Crippen LogP contribution in [0.3, 0.4) is 0 Å². The third-order valence-electron chi connectivity index (χ3n) is 5.46. The van der Waals surface area contributed by atoms with Gasteiger partial charge < -0.3 is 5.32 Å². The molecule has 29 heavy (non-hydrogen) atoms. The fraction of sp³-hybridized carbons (Fsp3) is 0.444. The number of carbonyl (C=O) groups excluding carboxylic acids is 3. The summed E-state index contributed by atoms with van der Waals surface area (Å²) in [6.07, 6.45) is 2.73. The van der Waals surface area contributed by atoms with Gasteiger partial charge in [-0.25, -0.2) is 9.59 Å². The number of benzene rings is 1. The number of aromatic nitrogens is 4. The first-order chi connectivity index (χ1) is 13.9. The Balaban J connectivity index is 1.44. The van der Waals surface area contributed by atoms with Gasteiger partial charge in [-0.2, -0.15) is 14.4 Å². The number of urea groups is 1. The van der Waals surface area contributed by atoms with Gasteiger partial charge in [-0.3, -0.25) is 15.0 Å². The van der Waals surface area contributed by atoms with E-state index in [1.165, 1.54) is 0 Å². The molecule has 2 aromatic rings. The number of imide groups is 1. The van der Waals surface area contributed by atoms with Crippen molar-refractivity contribution < 1.29 is 14.4 Å². The highest BCUT2D eigenvalue weighted by molar-refractivity contribution is 6.07. The minimum Gasteiger partial charge on any atom is -0.322 e. The van der Waals surface area contributed by atoms with Gasteiger partial charge >= 0.3 is 11.7 Å². The average Bonchev–Trinajstić information content (AvgIpc) is 3.18. The van der Waals surface area contributed by atoms with Crippen LogP contribution in [0.4, 0.5) is 4.79 Å². The van der Waals surface area contributed by atoms with Crippen LogP contribution in [0.25, 0.3) is 5.69 Å². The number of para-hydroxylation sites is 1. The van der Waals surface area contributed by atoms with Crippen molar-refractivity contribution in [1.82, 2.24) is 35.5 Å². The SMILES string of the molecule is CC1CCC2(CC1)NC(=O)N(NC(=O)Cn1nnn(-c3ccccc3)c1=O)C2=O. The van der Waals surface area contributed by atoms with Gasteiger partial charge in [0.15, 0.2) is 0 Å². The molecule has 1 aromatic heterocycles. The van der Waals surface area contributed by atoms with Crippen molar-refractivity contribution in [1.29, 1.82) is 0 Å². The van der Waals surface area contributed by atoms with E-state index in [1.54, 1.807) is 30.3 Å². The van der Waals surface area contributed by atoms with Crippen LogP contribution in [-0.4, -0.2) is 48.2 Å². The van der Waals surface area contributed by atoms with Gasteiger partial charge in [-0.1, -0.05) is 25.1 Å². The number of tetrazole rings is 1. The third kappa shape index (κ3) is 3.39. The molecule has 1 saturated heterocycles. The summed E-state index contributed by atoms with van der Waals surface area (Å²) >= 11 is 0. The molecular weight excluding hydrogens is 378 g/mol. The fourth-order valence-electron chi connectivity index (χ4n) is 3.72. The van der Waals surface area contributed by atoms with E-state index >= 15 is 0 Å². The highest BCUT2D eigenvalue weighted by Crippen LogP contribution is 2.35. The Kier molecular flexibility index (Phi) is 4.65. The molecule has 2 aliphatic rings. The maximum absolute atomic E-state index is 12.8. The molecule has 2 fully saturated rings. The number of rotatable bonds is 4. The lowest BCUT2D eigenvalue weighted by Crippen LogP contribution is -2.52. The van der Waals surface area contributed by atoms with Crippen molar-refractivity contribution in [3.05, 3.63) is 40.8 Å². The van der Waals surface area contributed by atoms with Crippen LogP contribution >= 0.6 is 0 Å². The lowest BCUT2D eigenvalue weighted by atomic mass is 9.77. The molecular formula is C18H21N7O4. The number of nitrogens with one attached hydrogen (secondary N) is 2. The Morgan fingerprint density at radius 3 is 2.55 bits per heavy atom. The summed E-state index contributed by atoms with van der Waals surface area (Å²) in [6.45, 7) is 1.63. The minimum absolute atomic E-state index is 0.469. The lowest BCUT2D eigenvalue weighted by molar-refractivity contribution is -0.140. The maximum Gasteiger partial charge on any atom is 0.368 e. The molecule has 4 rings (SSSR count). The van der Waals surface area contributed by atoms with Gasteiger partial charge in [0.1, 0.15) is 12.1 Å². The van der Waals surface area contributed by atoms with Gasteiger partial charge in [0.05, 0.1) is 5.69 Å². The molecule has 0 atom stereocenters. The summed E-state index contributed by atoms with van der Waals surface area (Å²) in [5, 5.41) is 10.9. The Hall–Kier alpha value is -3.50. The van der Waals surface area contributed by atoms with Crippen molar-refractivity contribution >= 4 is 17.8 Å². The molecule has 11 heteroatoms. The molecule has 1 aliphatic carbocycles. The smallest absolute Gasteiger partial charge is 0.322 e. The monoisotopic (exact) mass is 399 g/mol. The van der Waals surface area contributed by atoms with Gasteiger partial charge in [-0.05, 0) is 54.2 Å². The van der Waals surface area contributed by atoms with E-state index in [-0.39, 0.29) is 0 Å². The highest BCUT2D eigenvalue weighted by Gasteiger charge is 2.52. The molecule has 1 aromatic carbocycles. The number of carbonyl (C=O) groups is 3. The summed E-state index contributed by atoms with van der Waals surface area (Å²) < 4.78 is 1.91. The first kappa shape index (κ1) is 18.8. The molecule has 4 amide bonds. The first-order valence-electron chi connectivity index (χ1n) is 9.44. The normalized spacial score (nSPS) is 24.0. The van der Waals surface area contributed by atoms with Crippen molar-refractivity contribution in [2.45, 2.75) is 44.7 Å². The Labute approximate surface area is 165 Å². The van der Waals surface area contributed by atoms with Crippen LogP contribution in [0.1, 0.15) is 32.6 Å². The molecule has 1 spiro atoms. The van der Waals surface area contributed by atoms with Crippen LogP contribution < -0.4 is 16.4 Å². The summed E-state index contributed by atoms with van der Waals surface area (Å²) in [4.78, 5) is 49.8. The van der Waals surface area contributed by atoms with Gasteiger partial charge in [-0.15, -0.1) is 0 Å². The zero-order valence-corrected chi connectivity index (χ0v) is 15.9. The molecule has 152 valence electrons. The summed E-state index contributed by atoms with van der Waals surface area (Å²) in [5.41, 5.74) is 1.22. The predicted molar refractivity (Wildman–Crippen MR) is 99.5 cm³/mol. The van der Waals surface area contributed by atoms with Crippen LogP contribution in [0.5, 0.6) is 0 Å². The standard InChI is InChI=1S/C18H21N7O4/c1-12-7-9-18(10-8-12)15(27)25(16(28)19-18)20-14(26)11-23-17(29)24(22-21-23)13-5-3-2-4-6-13/h2-6,12H,7-11H2,1H3,(H,19,28)(H,20,26). The van der Waals surface area contributed by atoms with Crippen LogP contribution in [0.2, 0.25) is 0 Å². The second kappa shape index (κ2) is 7.15. The maximum atomic E-state index is 12.8. The van der Waals surface area contributed by atoms with Crippen molar-refractivity contribution in [3.8, 4) is 5.69 Å². The minimum atomic E-state index is -0.954. The van der Waals surface area contributed by atoms with Crippen molar-refractivity contribution in [2.24, 2.45) is 5.92 Å². The average molecular weight is 399 g/mol. The Morgan fingerprint density at radius 1 is 1.17 bits per heavy atom. The molecule has 2 heterocycles. The van der Waals surface area contributed by atoms with E-state index in [1.807, 2.05) is 0 Å². The zero-order valence-electron chi connectivity index (χ0n) is 15.9. The van der Waals surface area contributed by atoms with E-state index in [9.17, 15) is 19.2 Å². The quantitative estimate of drug-likeness (QED) is 0.694. The van der Waals surface area contributed by atoms with Crippen molar-refractivity contribution in [3.63, 3.8) is 0 Å². The number of hydrazine groups is 1. The number of hydrogen-bond donors (Lipinski definition) is 2. The van der Waals surface area contributed by atoms with Gasteiger partial charge in [0, 0.05) is 0 Å². The molecule has 0 unspecified atom stereocenters. The molecule has 11 nitrogen and oxygen atoms in total. The number of nitrogens with zero attached hydrogens (tertiary/aromatic N) is 5. The van der Waals surface area contributed by atoms with E-state index in [2.05, 4.69) is 28.1 Å². The molecule has 0 radical (unpaired) electrons. The molecule has 1 saturated carbocycles. The largest absolute Gasteiger partial charge is 0.368 e.